The van der Waals surface area contributed by atoms with Crippen molar-refractivity contribution >= 4 is 12.1 Å². The second-order valence-corrected chi connectivity index (χ2v) is 10.2. The summed E-state index contributed by atoms with van der Waals surface area (Å²) in [6, 6.07) is 20.2. The van der Waals surface area contributed by atoms with Crippen LogP contribution in [-0.4, -0.2) is 91.8 Å². The normalized spacial score (nSPS) is 19.5. The topological polar surface area (TPSA) is 62.3 Å². The fourth-order valence-corrected chi connectivity index (χ4v) is 5.27. The molecular formula is C30H41N3O4. The molecule has 2 heterocycles. The van der Waals surface area contributed by atoms with Gasteiger partial charge in [0.25, 0.3) is 0 Å². The highest BCUT2D eigenvalue weighted by atomic mass is 16.6. The third kappa shape index (κ3) is 8.30. The molecule has 2 saturated heterocycles. The Morgan fingerprint density at radius 1 is 0.784 bits per heavy atom. The van der Waals surface area contributed by atoms with E-state index in [0.29, 0.717) is 32.3 Å². The minimum atomic E-state index is -0.633. The fraction of sp³-hybridized carbons (Fsp3) is 0.533. The van der Waals surface area contributed by atoms with Crippen LogP contribution in [0.5, 0.6) is 0 Å². The maximum absolute atomic E-state index is 13.2. The van der Waals surface area contributed by atoms with Crippen LogP contribution in [0, 0.1) is 0 Å². The number of ether oxygens (including phenoxy) is 2. The van der Waals surface area contributed by atoms with E-state index < -0.39 is 12.1 Å². The molecule has 0 spiro atoms. The van der Waals surface area contributed by atoms with Gasteiger partial charge in [-0.15, -0.1) is 0 Å². The summed E-state index contributed by atoms with van der Waals surface area (Å²) in [5.41, 5.74) is 2.45. The number of rotatable bonds is 10. The number of hydrogen-bond donors (Lipinski definition) is 0. The molecule has 200 valence electrons. The lowest BCUT2D eigenvalue weighted by molar-refractivity contribution is -0.152. The number of carbonyl (C=O) groups excluding carboxylic acids is 2. The molecular weight excluding hydrogens is 466 g/mol. The summed E-state index contributed by atoms with van der Waals surface area (Å²) in [5.74, 6) is -0.327. The Morgan fingerprint density at radius 2 is 1.35 bits per heavy atom. The van der Waals surface area contributed by atoms with Gasteiger partial charge in [0.15, 0.2) is 0 Å². The Kier molecular flexibility index (Phi) is 10.4. The summed E-state index contributed by atoms with van der Waals surface area (Å²) in [4.78, 5) is 32.6. The Hall–Kier alpha value is -2.90. The molecule has 1 amide bonds. The zero-order valence-corrected chi connectivity index (χ0v) is 22.1. The third-order valence-corrected chi connectivity index (χ3v) is 7.50. The largest absolute Gasteiger partial charge is 0.464 e. The molecule has 7 heteroatoms. The molecule has 2 aliphatic rings. The number of esters is 1. The molecule has 2 aliphatic heterocycles. The Labute approximate surface area is 221 Å². The Balaban J connectivity index is 1.30. The lowest BCUT2D eigenvalue weighted by Gasteiger charge is -2.44. The zero-order chi connectivity index (χ0) is 25.9. The second kappa shape index (κ2) is 14.1. The number of hydrogen-bond acceptors (Lipinski definition) is 6. The quantitative estimate of drug-likeness (QED) is 0.358. The van der Waals surface area contributed by atoms with Crippen molar-refractivity contribution in [2.24, 2.45) is 0 Å². The zero-order valence-electron chi connectivity index (χ0n) is 22.1. The van der Waals surface area contributed by atoms with Gasteiger partial charge in [-0.2, -0.15) is 0 Å². The monoisotopic (exact) mass is 507 g/mol. The lowest BCUT2D eigenvalue weighted by atomic mass is 10.0. The first-order valence-electron chi connectivity index (χ1n) is 13.7. The Morgan fingerprint density at radius 3 is 1.95 bits per heavy atom. The number of benzene rings is 2. The first-order chi connectivity index (χ1) is 18.1. The molecule has 2 aromatic carbocycles. The highest BCUT2D eigenvalue weighted by Gasteiger charge is 2.39. The number of piperidine rings is 1. The highest BCUT2D eigenvalue weighted by Crippen LogP contribution is 2.21. The predicted molar refractivity (Wildman–Crippen MR) is 144 cm³/mol. The molecule has 0 radical (unpaired) electrons. The number of carbonyl (C=O) groups is 2. The van der Waals surface area contributed by atoms with E-state index in [-0.39, 0.29) is 5.97 Å². The smallest absolute Gasteiger partial charge is 0.410 e. The maximum atomic E-state index is 13.2. The van der Waals surface area contributed by atoms with Gasteiger partial charge in [-0.05, 0) is 69.8 Å². The van der Waals surface area contributed by atoms with E-state index >= 15 is 0 Å². The van der Waals surface area contributed by atoms with Crippen molar-refractivity contribution in [3.05, 3.63) is 71.8 Å². The van der Waals surface area contributed by atoms with E-state index in [1.165, 1.54) is 11.1 Å². The molecule has 1 unspecified atom stereocenters. The number of amides is 1. The lowest BCUT2D eigenvalue weighted by Crippen LogP contribution is -2.61. The van der Waals surface area contributed by atoms with Gasteiger partial charge in [0.2, 0.25) is 0 Å². The maximum Gasteiger partial charge on any atom is 0.410 e. The molecule has 4 rings (SSSR count). The van der Waals surface area contributed by atoms with Gasteiger partial charge < -0.3 is 14.4 Å². The molecule has 0 aromatic heterocycles. The summed E-state index contributed by atoms with van der Waals surface area (Å²) in [5, 5.41) is 0. The second-order valence-electron chi connectivity index (χ2n) is 10.2. The molecule has 7 nitrogen and oxygen atoms in total. The Bertz CT molecular complexity index is 963. The number of nitrogens with zero attached hydrogens (tertiary/aromatic N) is 3. The predicted octanol–water partition coefficient (Wildman–Crippen LogP) is 4.01. The van der Waals surface area contributed by atoms with Gasteiger partial charge in [-0.3, -0.25) is 9.80 Å². The van der Waals surface area contributed by atoms with Gasteiger partial charge in [0.05, 0.1) is 13.2 Å². The van der Waals surface area contributed by atoms with E-state index in [1.54, 1.807) is 4.90 Å². The first-order valence-corrected chi connectivity index (χ1v) is 13.7. The standard InChI is InChI=1S/C30H41N3O4/c1-31-18-16-27(17-19-31)32-20-21-33(30(35)37-23-9-15-26-12-6-3-7-13-26)28(24-32)29(34)36-22-8-14-25-10-4-2-5-11-25/h2-7,10-13,27-28H,8-9,14-24H2,1H3. The SMILES string of the molecule is CN1CCC(N2CCN(C(=O)OCCCc3ccccc3)C(C(=O)OCCCc3ccccc3)C2)CC1. The molecule has 0 N–H and O–H groups in total. The van der Waals surface area contributed by atoms with Gasteiger partial charge >= 0.3 is 12.1 Å². The van der Waals surface area contributed by atoms with Crippen molar-refractivity contribution in [2.45, 2.75) is 50.6 Å². The highest BCUT2D eigenvalue weighted by molar-refractivity contribution is 5.82. The molecule has 2 aromatic rings. The summed E-state index contributed by atoms with van der Waals surface area (Å²) < 4.78 is 11.3. The van der Waals surface area contributed by atoms with Crippen molar-refractivity contribution in [3.8, 4) is 0 Å². The van der Waals surface area contributed by atoms with Crippen molar-refractivity contribution < 1.29 is 19.1 Å². The van der Waals surface area contributed by atoms with Gasteiger partial charge in [0.1, 0.15) is 6.04 Å². The summed E-state index contributed by atoms with van der Waals surface area (Å²) in [6.45, 7) is 4.54. The molecule has 2 fully saturated rings. The van der Waals surface area contributed by atoms with Crippen molar-refractivity contribution in [1.82, 2.24) is 14.7 Å². The molecule has 0 aliphatic carbocycles. The van der Waals surface area contributed by atoms with Crippen LogP contribution in [-0.2, 0) is 27.1 Å². The molecule has 37 heavy (non-hydrogen) atoms. The van der Waals surface area contributed by atoms with Crippen molar-refractivity contribution in [1.29, 1.82) is 0 Å². The van der Waals surface area contributed by atoms with E-state index in [0.717, 1.165) is 58.2 Å². The van der Waals surface area contributed by atoms with Crippen LogP contribution in [0.25, 0.3) is 0 Å². The summed E-state index contributed by atoms with van der Waals surface area (Å²) >= 11 is 0. The van der Waals surface area contributed by atoms with Crippen LogP contribution >= 0.6 is 0 Å². The average Bonchev–Trinajstić information content (AvgIpc) is 2.94. The first kappa shape index (κ1) is 27.1. The van der Waals surface area contributed by atoms with Crippen molar-refractivity contribution in [2.75, 3.05) is 53.0 Å². The molecule has 0 saturated carbocycles. The van der Waals surface area contributed by atoms with Crippen molar-refractivity contribution in [3.63, 3.8) is 0 Å². The van der Waals surface area contributed by atoms with Crippen LogP contribution in [0.2, 0.25) is 0 Å². The average molecular weight is 508 g/mol. The minimum Gasteiger partial charge on any atom is -0.464 e. The number of aryl methyl sites for hydroxylation is 2. The summed E-state index contributed by atoms with van der Waals surface area (Å²) in [6.07, 6.45) is 4.96. The van der Waals surface area contributed by atoms with Crippen LogP contribution in [0.3, 0.4) is 0 Å². The minimum absolute atomic E-state index is 0.327. The molecule has 1 atom stereocenters. The van der Waals surface area contributed by atoms with Gasteiger partial charge in [0, 0.05) is 25.7 Å². The van der Waals surface area contributed by atoms with E-state index in [1.807, 2.05) is 36.4 Å². The molecule has 0 bridgehead atoms. The fourth-order valence-electron chi connectivity index (χ4n) is 5.27. The van der Waals surface area contributed by atoms with Crippen LogP contribution in [0.4, 0.5) is 4.79 Å². The van der Waals surface area contributed by atoms with E-state index in [9.17, 15) is 9.59 Å². The van der Waals surface area contributed by atoms with Crippen LogP contribution < -0.4 is 0 Å². The third-order valence-electron chi connectivity index (χ3n) is 7.50. The van der Waals surface area contributed by atoms with Gasteiger partial charge in [-0.25, -0.2) is 9.59 Å². The van der Waals surface area contributed by atoms with Gasteiger partial charge in [-0.1, -0.05) is 60.7 Å². The number of likely N-dealkylation sites (tertiary alicyclic amines) is 1. The van der Waals surface area contributed by atoms with Crippen LogP contribution in [0.15, 0.2) is 60.7 Å². The van der Waals surface area contributed by atoms with E-state index in [2.05, 4.69) is 41.1 Å². The summed E-state index contributed by atoms with van der Waals surface area (Å²) in [7, 11) is 2.15. The van der Waals surface area contributed by atoms with E-state index in [4.69, 9.17) is 9.47 Å². The number of piperazine rings is 1. The van der Waals surface area contributed by atoms with Crippen LogP contribution in [0.1, 0.15) is 36.8 Å².